The van der Waals surface area contributed by atoms with Gasteiger partial charge in [0.2, 0.25) is 0 Å². The van der Waals surface area contributed by atoms with E-state index in [1.54, 1.807) is 24.3 Å². The fourth-order valence-electron chi connectivity index (χ4n) is 1.75. The smallest absolute Gasteiger partial charge is 0.325 e. The molecule has 0 saturated carbocycles. The normalized spacial score (nSPS) is 11.3. The summed E-state index contributed by atoms with van der Waals surface area (Å²) >= 11 is 0. The third-order valence-corrected chi connectivity index (χ3v) is 2.90. The molecule has 0 heterocycles. The number of carbonyl (C=O) groups excluding carboxylic acids is 1. The van der Waals surface area contributed by atoms with E-state index in [2.05, 4.69) is 5.32 Å². The molecule has 2 N–H and O–H groups in total. The highest BCUT2D eigenvalue weighted by atomic mass is 16.5. The van der Waals surface area contributed by atoms with Crippen molar-refractivity contribution in [3.05, 3.63) is 54.6 Å². The molecule has 0 spiro atoms. The number of nitrogens with one attached hydrogen (secondary N) is 1. The third-order valence-electron chi connectivity index (χ3n) is 2.90. The van der Waals surface area contributed by atoms with Crippen molar-refractivity contribution >= 4 is 11.9 Å². The van der Waals surface area contributed by atoms with Gasteiger partial charge in [-0.05, 0) is 31.2 Å². The number of carboxylic acid groups (broad SMARTS) is 1. The standard InChI is InChI=1S/C17H17NO5/c1-12(17(20)21)18-16(19)11-22-14-8-5-9-15(10-14)23-13-6-3-2-4-7-13/h2-10,12H,11H2,1H3,(H,18,19)(H,20,21)/t12-/m1/s1. The van der Waals surface area contributed by atoms with E-state index in [0.29, 0.717) is 17.2 Å². The number of hydrogen-bond acceptors (Lipinski definition) is 4. The molecule has 0 bridgehead atoms. The number of aliphatic carboxylic acids is 1. The first-order valence-electron chi connectivity index (χ1n) is 7.02. The second kappa shape index (κ2) is 7.84. The molecule has 0 aliphatic rings. The monoisotopic (exact) mass is 315 g/mol. The van der Waals surface area contributed by atoms with Crippen molar-refractivity contribution in [1.29, 1.82) is 0 Å². The Morgan fingerprint density at radius 2 is 1.70 bits per heavy atom. The maximum Gasteiger partial charge on any atom is 0.325 e. The molecule has 1 amide bonds. The van der Waals surface area contributed by atoms with Crippen LogP contribution >= 0.6 is 0 Å². The molecule has 0 saturated heterocycles. The molecule has 0 aromatic heterocycles. The predicted octanol–water partition coefficient (Wildman–Crippen LogP) is 2.45. The Bertz CT molecular complexity index is 672. The van der Waals surface area contributed by atoms with Gasteiger partial charge < -0.3 is 19.9 Å². The minimum Gasteiger partial charge on any atom is -0.484 e. The lowest BCUT2D eigenvalue weighted by Crippen LogP contribution is -2.40. The highest BCUT2D eigenvalue weighted by Gasteiger charge is 2.14. The Morgan fingerprint density at radius 1 is 1.04 bits per heavy atom. The van der Waals surface area contributed by atoms with Crippen molar-refractivity contribution in [2.24, 2.45) is 0 Å². The maximum atomic E-state index is 11.6. The zero-order valence-electron chi connectivity index (χ0n) is 12.6. The van der Waals surface area contributed by atoms with Crippen LogP contribution in [0.15, 0.2) is 54.6 Å². The van der Waals surface area contributed by atoms with E-state index in [-0.39, 0.29) is 6.61 Å². The van der Waals surface area contributed by atoms with Crippen LogP contribution < -0.4 is 14.8 Å². The van der Waals surface area contributed by atoms with Crippen LogP contribution in [-0.4, -0.2) is 29.6 Å². The minimum absolute atomic E-state index is 0.271. The van der Waals surface area contributed by atoms with Gasteiger partial charge in [-0.3, -0.25) is 9.59 Å². The summed E-state index contributed by atoms with van der Waals surface area (Å²) in [5.74, 6) is 0.119. The average molecular weight is 315 g/mol. The van der Waals surface area contributed by atoms with Crippen LogP contribution in [0.3, 0.4) is 0 Å². The summed E-state index contributed by atoms with van der Waals surface area (Å²) < 4.78 is 11.0. The first-order valence-corrected chi connectivity index (χ1v) is 7.02. The Morgan fingerprint density at radius 3 is 2.39 bits per heavy atom. The van der Waals surface area contributed by atoms with Crippen LogP contribution in [-0.2, 0) is 9.59 Å². The molecule has 2 rings (SSSR count). The molecule has 0 radical (unpaired) electrons. The van der Waals surface area contributed by atoms with Crippen molar-refractivity contribution in [2.75, 3.05) is 6.61 Å². The summed E-state index contributed by atoms with van der Waals surface area (Å²) in [5.41, 5.74) is 0. The number of hydrogen-bond donors (Lipinski definition) is 2. The summed E-state index contributed by atoms with van der Waals surface area (Å²) in [6.07, 6.45) is 0. The van der Waals surface area contributed by atoms with Crippen LogP contribution in [0.2, 0.25) is 0 Å². The molecule has 0 fully saturated rings. The molecule has 23 heavy (non-hydrogen) atoms. The number of carboxylic acids is 1. The summed E-state index contributed by atoms with van der Waals surface area (Å²) in [6, 6.07) is 15.2. The minimum atomic E-state index is -1.10. The first kappa shape index (κ1) is 16.4. The van der Waals surface area contributed by atoms with Gasteiger partial charge in [-0.2, -0.15) is 0 Å². The Balaban J connectivity index is 1.90. The molecule has 2 aromatic carbocycles. The summed E-state index contributed by atoms with van der Waals surface area (Å²) in [4.78, 5) is 22.2. The van der Waals surface area contributed by atoms with Crippen molar-refractivity contribution < 1.29 is 24.2 Å². The first-order chi connectivity index (χ1) is 11.0. The topological polar surface area (TPSA) is 84.9 Å². The van der Waals surface area contributed by atoms with E-state index >= 15 is 0 Å². The number of benzene rings is 2. The Kier molecular flexibility index (Phi) is 5.57. The molecule has 6 heteroatoms. The quantitative estimate of drug-likeness (QED) is 0.820. The fraction of sp³-hybridized carbons (Fsp3) is 0.176. The summed E-state index contributed by atoms with van der Waals surface area (Å²) in [7, 11) is 0. The van der Waals surface area contributed by atoms with Crippen LogP contribution in [0, 0.1) is 0 Å². The molecular formula is C17H17NO5. The van der Waals surface area contributed by atoms with Gasteiger partial charge in [-0.25, -0.2) is 0 Å². The molecule has 2 aromatic rings. The molecule has 0 aliphatic heterocycles. The number of para-hydroxylation sites is 1. The van der Waals surface area contributed by atoms with Crippen molar-refractivity contribution in [3.8, 4) is 17.2 Å². The van der Waals surface area contributed by atoms with E-state index in [0.717, 1.165) is 0 Å². The highest BCUT2D eigenvalue weighted by molar-refractivity contribution is 5.84. The highest BCUT2D eigenvalue weighted by Crippen LogP contribution is 2.24. The van der Waals surface area contributed by atoms with Gasteiger partial charge in [0, 0.05) is 6.07 Å². The fourth-order valence-corrected chi connectivity index (χ4v) is 1.75. The molecule has 0 unspecified atom stereocenters. The number of amides is 1. The Hall–Kier alpha value is -3.02. The number of carbonyl (C=O) groups is 2. The lowest BCUT2D eigenvalue weighted by atomic mass is 10.3. The largest absolute Gasteiger partial charge is 0.484 e. The lowest BCUT2D eigenvalue weighted by molar-refractivity contribution is -0.141. The van der Waals surface area contributed by atoms with Crippen LogP contribution in [0.5, 0.6) is 17.2 Å². The zero-order valence-corrected chi connectivity index (χ0v) is 12.6. The molecule has 120 valence electrons. The molecule has 6 nitrogen and oxygen atoms in total. The van der Waals surface area contributed by atoms with Gasteiger partial charge in [-0.15, -0.1) is 0 Å². The summed E-state index contributed by atoms with van der Waals surface area (Å²) in [5, 5.41) is 11.0. The number of ether oxygens (including phenoxy) is 2. The van der Waals surface area contributed by atoms with E-state index in [4.69, 9.17) is 14.6 Å². The van der Waals surface area contributed by atoms with Gasteiger partial charge in [0.15, 0.2) is 6.61 Å². The van der Waals surface area contributed by atoms with Gasteiger partial charge in [-0.1, -0.05) is 24.3 Å². The van der Waals surface area contributed by atoms with Crippen LogP contribution in [0.25, 0.3) is 0 Å². The van der Waals surface area contributed by atoms with Crippen molar-refractivity contribution in [3.63, 3.8) is 0 Å². The second-order valence-electron chi connectivity index (χ2n) is 4.81. The summed E-state index contributed by atoms with van der Waals surface area (Å²) in [6.45, 7) is 1.11. The zero-order chi connectivity index (χ0) is 16.7. The predicted molar refractivity (Wildman–Crippen MR) is 83.7 cm³/mol. The van der Waals surface area contributed by atoms with E-state index in [1.165, 1.54) is 6.92 Å². The lowest BCUT2D eigenvalue weighted by Gasteiger charge is -2.11. The average Bonchev–Trinajstić information content (AvgIpc) is 2.54. The third kappa shape index (κ3) is 5.35. The van der Waals surface area contributed by atoms with Gasteiger partial charge in [0.25, 0.3) is 5.91 Å². The van der Waals surface area contributed by atoms with Crippen LogP contribution in [0.4, 0.5) is 0 Å². The van der Waals surface area contributed by atoms with Gasteiger partial charge in [0.05, 0.1) is 0 Å². The van der Waals surface area contributed by atoms with Gasteiger partial charge >= 0.3 is 5.97 Å². The molecular weight excluding hydrogens is 298 g/mol. The SMILES string of the molecule is C[C@@H](NC(=O)COc1cccc(Oc2ccccc2)c1)C(=O)O. The Labute approximate surface area is 133 Å². The van der Waals surface area contributed by atoms with Gasteiger partial charge in [0.1, 0.15) is 23.3 Å². The molecule has 1 atom stereocenters. The maximum absolute atomic E-state index is 11.6. The van der Waals surface area contributed by atoms with E-state index in [9.17, 15) is 9.59 Å². The van der Waals surface area contributed by atoms with E-state index in [1.807, 2.05) is 30.3 Å². The van der Waals surface area contributed by atoms with Crippen molar-refractivity contribution in [2.45, 2.75) is 13.0 Å². The number of rotatable bonds is 7. The molecule has 0 aliphatic carbocycles. The second-order valence-corrected chi connectivity index (χ2v) is 4.81. The van der Waals surface area contributed by atoms with Crippen LogP contribution in [0.1, 0.15) is 6.92 Å². The van der Waals surface area contributed by atoms with Crippen molar-refractivity contribution in [1.82, 2.24) is 5.32 Å². The van der Waals surface area contributed by atoms with E-state index < -0.39 is 17.9 Å².